The Bertz CT molecular complexity index is 1070. The molecule has 2 amide bonds. The molecule has 7 nitrogen and oxygen atoms in total. The quantitative estimate of drug-likeness (QED) is 0.717. The molecule has 0 unspecified atom stereocenters. The number of nitrogens with one attached hydrogen (secondary N) is 1. The highest BCUT2D eigenvalue weighted by molar-refractivity contribution is 6.07. The molecule has 1 fully saturated rings. The number of carbonyl (C=O) groups excluding carboxylic acids is 2. The minimum Gasteiger partial charge on any atom is -0.339 e. The Kier molecular flexibility index (Phi) is 5.56. The third kappa shape index (κ3) is 4.07. The summed E-state index contributed by atoms with van der Waals surface area (Å²) in [5, 5.41) is 7.01. The van der Waals surface area contributed by atoms with Crippen molar-refractivity contribution in [2.75, 3.05) is 18.4 Å². The fraction of sp³-hybridized carbons (Fsp3) is 0.273. The lowest BCUT2D eigenvalue weighted by Gasteiger charge is -2.27. The predicted molar refractivity (Wildman–Crippen MR) is 110 cm³/mol. The van der Waals surface area contributed by atoms with E-state index in [9.17, 15) is 14.0 Å². The summed E-state index contributed by atoms with van der Waals surface area (Å²) in [6.07, 6.45) is 3.11. The molecule has 1 aliphatic rings. The molecule has 1 N–H and O–H groups in total. The lowest BCUT2D eigenvalue weighted by molar-refractivity contribution is 0.0725. The summed E-state index contributed by atoms with van der Waals surface area (Å²) in [7, 11) is 0. The predicted octanol–water partition coefficient (Wildman–Crippen LogP) is 3.59. The zero-order valence-electron chi connectivity index (χ0n) is 16.6. The van der Waals surface area contributed by atoms with E-state index in [1.54, 1.807) is 43.3 Å². The second-order valence-corrected chi connectivity index (χ2v) is 7.22. The normalized spacial score (nSPS) is 13.9. The van der Waals surface area contributed by atoms with Crippen molar-refractivity contribution in [1.82, 2.24) is 19.7 Å². The van der Waals surface area contributed by atoms with Crippen LogP contribution in [-0.2, 0) is 0 Å². The molecular formula is C22H22FN5O2. The molecule has 3 aromatic rings. The number of hydrogen-bond donors (Lipinski definition) is 1. The molecule has 1 saturated heterocycles. The van der Waals surface area contributed by atoms with Gasteiger partial charge in [-0.15, -0.1) is 5.10 Å². The molecule has 0 atom stereocenters. The number of anilines is 1. The van der Waals surface area contributed by atoms with Gasteiger partial charge in [-0.3, -0.25) is 9.59 Å². The van der Waals surface area contributed by atoms with Crippen molar-refractivity contribution in [3.8, 4) is 5.69 Å². The number of aryl methyl sites for hydroxylation is 1. The molecule has 1 aromatic heterocycles. The van der Waals surface area contributed by atoms with Crippen molar-refractivity contribution < 1.29 is 14.0 Å². The Morgan fingerprint density at radius 1 is 1.00 bits per heavy atom. The monoisotopic (exact) mass is 407 g/mol. The Morgan fingerprint density at radius 2 is 1.70 bits per heavy atom. The third-order valence-electron chi connectivity index (χ3n) is 5.09. The number of rotatable bonds is 4. The topological polar surface area (TPSA) is 80.1 Å². The maximum atomic E-state index is 13.2. The Balaban J connectivity index is 1.55. The van der Waals surface area contributed by atoms with Gasteiger partial charge >= 0.3 is 0 Å². The average molecular weight is 407 g/mol. The number of para-hydroxylation sites is 1. The summed E-state index contributed by atoms with van der Waals surface area (Å²) in [6.45, 7) is 3.16. The van der Waals surface area contributed by atoms with Crippen LogP contribution in [0.25, 0.3) is 5.69 Å². The van der Waals surface area contributed by atoms with Crippen LogP contribution in [-0.4, -0.2) is 44.6 Å². The standard InChI is InChI=1S/C22H22FN5O2/c1-15-24-20(26-28(15)17-11-9-16(23)10-12-17)21(29)25-19-8-4-3-7-18(19)22(30)27-13-5-2-6-14-27/h3-4,7-12H,2,5-6,13-14H2,1H3,(H,25,29). The first-order valence-corrected chi connectivity index (χ1v) is 9.92. The van der Waals surface area contributed by atoms with Crippen molar-refractivity contribution in [2.24, 2.45) is 0 Å². The molecular weight excluding hydrogens is 385 g/mol. The van der Waals surface area contributed by atoms with Gasteiger partial charge in [0.25, 0.3) is 11.8 Å². The van der Waals surface area contributed by atoms with Crippen molar-refractivity contribution in [3.05, 3.63) is 71.6 Å². The first-order chi connectivity index (χ1) is 14.5. The van der Waals surface area contributed by atoms with Gasteiger partial charge in [0, 0.05) is 13.1 Å². The zero-order chi connectivity index (χ0) is 21.1. The van der Waals surface area contributed by atoms with E-state index < -0.39 is 5.91 Å². The first-order valence-electron chi connectivity index (χ1n) is 9.92. The highest BCUT2D eigenvalue weighted by Crippen LogP contribution is 2.21. The number of carbonyl (C=O) groups is 2. The molecule has 0 saturated carbocycles. The van der Waals surface area contributed by atoms with Gasteiger partial charge in [-0.05, 0) is 62.6 Å². The van der Waals surface area contributed by atoms with Crippen LogP contribution in [0.1, 0.15) is 46.1 Å². The second kappa shape index (κ2) is 8.44. The number of nitrogens with zero attached hydrogens (tertiary/aromatic N) is 4. The van der Waals surface area contributed by atoms with E-state index >= 15 is 0 Å². The fourth-order valence-electron chi connectivity index (χ4n) is 3.54. The SMILES string of the molecule is Cc1nc(C(=O)Nc2ccccc2C(=O)N2CCCCC2)nn1-c1ccc(F)cc1. The third-order valence-corrected chi connectivity index (χ3v) is 5.09. The van der Waals surface area contributed by atoms with Crippen LogP contribution >= 0.6 is 0 Å². The maximum Gasteiger partial charge on any atom is 0.295 e. The van der Waals surface area contributed by atoms with Crippen LogP contribution in [0.5, 0.6) is 0 Å². The largest absolute Gasteiger partial charge is 0.339 e. The van der Waals surface area contributed by atoms with Crippen LogP contribution in [0.3, 0.4) is 0 Å². The van der Waals surface area contributed by atoms with Gasteiger partial charge in [0.15, 0.2) is 0 Å². The maximum absolute atomic E-state index is 13.2. The van der Waals surface area contributed by atoms with Crippen molar-refractivity contribution >= 4 is 17.5 Å². The van der Waals surface area contributed by atoms with E-state index in [0.29, 0.717) is 22.8 Å². The lowest BCUT2D eigenvalue weighted by atomic mass is 10.1. The molecule has 154 valence electrons. The number of benzene rings is 2. The van der Waals surface area contributed by atoms with E-state index in [0.717, 1.165) is 32.4 Å². The summed E-state index contributed by atoms with van der Waals surface area (Å²) < 4.78 is 14.6. The van der Waals surface area contributed by atoms with Crippen LogP contribution in [0.15, 0.2) is 48.5 Å². The first kappa shape index (κ1) is 19.8. The van der Waals surface area contributed by atoms with E-state index in [1.807, 2.05) is 4.90 Å². The Morgan fingerprint density at radius 3 is 2.43 bits per heavy atom. The molecule has 2 heterocycles. The molecule has 1 aliphatic heterocycles. The van der Waals surface area contributed by atoms with Gasteiger partial charge in [-0.2, -0.15) is 0 Å². The summed E-state index contributed by atoms with van der Waals surface area (Å²) in [5.41, 5.74) is 1.47. The molecule has 30 heavy (non-hydrogen) atoms. The van der Waals surface area contributed by atoms with Crippen molar-refractivity contribution in [2.45, 2.75) is 26.2 Å². The van der Waals surface area contributed by atoms with E-state index in [1.165, 1.54) is 16.8 Å². The molecule has 4 rings (SSSR count). The van der Waals surface area contributed by atoms with Crippen LogP contribution < -0.4 is 5.32 Å². The van der Waals surface area contributed by atoms with Gasteiger partial charge in [0.05, 0.1) is 16.9 Å². The summed E-state index contributed by atoms with van der Waals surface area (Å²) in [4.78, 5) is 31.7. The fourth-order valence-corrected chi connectivity index (χ4v) is 3.54. The molecule has 0 aliphatic carbocycles. The number of hydrogen-bond acceptors (Lipinski definition) is 4. The van der Waals surface area contributed by atoms with E-state index in [-0.39, 0.29) is 17.5 Å². The molecule has 8 heteroatoms. The number of likely N-dealkylation sites (tertiary alicyclic amines) is 1. The van der Waals surface area contributed by atoms with Crippen molar-refractivity contribution in [1.29, 1.82) is 0 Å². The molecule has 2 aromatic carbocycles. The van der Waals surface area contributed by atoms with Gasteiger partial charge in [0.1, 0.15) is 11.6 Å². The van der Waals surface area contributed by atoms with Gasteiger partial charge in [-0.1, -0.05) is 12.1 Å². The number of piperidine rings is 1. The Labute approximate surface area is 173 Å². The van der Waals surface area contributed by atoms with E-state index in [2.05, 4.69) is 15.4 Å². The Hall–Kier alpha value is -3.55. The minimum atomic E-state index is -0.516. The minimum absolute atomic E-state index is 0.0305. The summed E-state index contributed by atoms with van der Waals surface area (Å²) in [6, 6.07) is 12.7. The lowest BCUT2D eigenvalue weighted by Crippen LogP contribution is -2.36. The van der Waals surface area contributed by atoms with Gasteiger partial charge in [-0.25, -0.2) is 14.1 Å². The summed E-state index contributed by atoms with van der Waals surface area (Å²) in [5.74, 6) is -0.504. The zero-order valence-corrected chi connectivity index (χ0v) is 16.6. The molecule has 0 spiro atoms. The number of aromatic nitrogens is 3. The van der Waals surface area contributed by atoms with Crippen LogP contribution in [0, 0.1) is 12.7 Å². The highest BCUT2D eigenvalue weighted by atomic mass is 19.1. The summed E-state index contributed by atoms with van der Waals surface area (Å²) >= 11 is 0. The van der Waals surface area contributed by atoms with Crippen LogP contribution in [0.2, 0.25) is 0 Å². The highest BCUT2D eigenvalue weighted by Gasteiger charge is 2.22. The number of halogens is 1. The molecule has 0 bridgehead atoms. The van der Waals surface area contributed by atoms with Crippen LogP contribution in [0.4, 0.5) is 10.1 Å². The molecule has 0 radical (unpaired) electrons. The van der Waals surface area contributed by atoms with Crippen molar-refractivity contribution in [3.63, 3.8) is 0 Å². The van der Waals surface area contributed by atoms with Gasteiger partial charge in [0.2, 0.25) is 5.82 Å². The average Bonchev–Trinajstić information content (AvgIpc) is 3.16. The van der Waals surface area contributed by atoms with Gasteiger partial charge < -0.3 is 10.2 Å². The second-order valence-electron chi connectivity index (χ2n) is 7.22. The number of amides is 2. The van der Waals surface area contributed by atoms with E-state index in [4.69, 9.17) is 0 Å². The smallest absolute Gasteiger partial charge is 0.295 e.